The van der Waals surface area contributed by atoms with Gasteiger partial charge in [-0.1, -0.05) is 6.07 Å². The van der Waals surface area contributed by atoms with Crippen molar-refractivity contribution in [1.82, 2.24) is 14.5 Å². The summed E-state index contributed by atoms with van der Waals surface area (Å²) < 4.78 is 7.24. The van der Waals surface area contributed by atoms with E-state index < -0.39 is 5.60 Å². The van der Waals surface area contributed by atoms with Crippen LogP contribution in [0.3, 0.4) is 0 Å². The molecular formula is C20H27N3O3. The molecule has 2 bridgehead atoms. The van der Waals surface area contributed by atoms with Gasteiger partial charge in [0.15, 0.2) is 0 Å². The highest BCUT2D eigenvalue weighted by molar-refractivity contribution is 5.37. The fourth-order valence-corrected chi connectivity index (χ4v) is 4.84. The van der Waals surface area contributed by atoms with E-state index in [9.17, 15) is 10.2 Å². The van der Waals surface area contributed by atoms with Crippen LogP contribution in [0.1, 0.15) is 42.6 Å². The lowest BCUT2D eigenvalue weighted by atomic mass is 9.85. The van der Waals surface area contributed by atoms with Crippen LogP contribution >= 0.6 is 0 Å². The molecule has 0 radical (unpaired) electrons. The number of methoxy groups -OCH3 is 1. The summed E-state index contributed by atoms with van der Waals surface area (Å²) in [7, 11) is 3.57. The Balaban J connectivity index is 1.53. The maximum atomic E-state index is 11.3. The van der Waals surface area contributed by atoms with Gasteiger partial charge in [-0.3, -0.25) is 4.90 Å². The quantitative estimate of drug-likeness (QED) is 0.856. The number of hydrogen-bond acceptors (Lipinski definition) is 5. The van der Waals surface area contributed by atoms with Crippen molar-refractivity contribution >= 4 is 0 Å². The van der Waals surface area contributed by atoms with Crippen LogP contribution in [0.4, 0.5) is 0 Å². The van der Waals surface area contributed by atoms with Crippen molar-refractivity contribution in [2.75, 3.05) is 7.11 Å². The van der Waals surface area contributed by atoms with Gasteiger partial charge in [0.05, 0.1) is 13.7 Å². The highest BCUT2D eigenvalue weighted by Crippen LogP contribution is 2.45. The lowest BCUT2D eigenvalue weighted by molar-refractivity contribution is -0.0669. The van der Waals surface area contributed by atoms with Gasteiger partial charge in [-0.05, 0) is 43.4 Å². The Morgan fingerprint density at radius 2 is 2.00 bits per heavy atom. The van der Waals surface area contributed by atoms with Crippen molar-refractivity contribution in [3.05, 3.63) is 47.5 Å². The fraction of sp³-hybridized carbons (Fsp3) is 0.550. The van der Waals surface area contributed by atoms with Gasteiger partial charge in [0.2, 0.25) is 0 Å². The van der Waals surface area contributed by atoms with Crippen molar-refractivity contribution in [2.45, 2.75) is 56.5 Å². The minimum absolute atomic E-state index is 0.0250. The fourth-order valence-electron chi connectivity index (χ4n) is 4.84. The number of hydrogen-bond donors (Lipinski definition) is 2. The lowest BCUT2D eigenvalue weighted by Gasteiger charge is -2.43. The average Bonchev–Trinajstić information content (AvgIpc) is 3.17. The van der Waals surface area contributed by atoms with Crippen LogP contribution in [0.2, 0.25) is 0 Å². The third kappa shape index (κ3) is 2.92. The van der Waals surface area contributed by atoms with Crippen LogP contribution in [0.25, 0.3) is 0 Å². The van der Waals surface area contributed by atoms with Crippen LogP contribution in [-0.4, -0.2) is 43.9 Å². The zero-order chi connectivity index (χ0) is 18.3. The third-order valence-electron chi connectivity index (χ3n) is 6.04. The first-order chi connectivity index (χ1) is 12.5. The average molecular weight is 357 g/mol. The molecule has 6 nitrogen and oxygen atoms in total. The Morgan fingerprint density at radius 3 is 2.58 bits per heavy atom. The Bertz CT molecular complexity index is 774. The van der Waals surface area contributed by atoms with Crippen LogP contribution in [0.15, 0.2) is 30.6 Å². The van der Waals surface area contributed by atoms with Crippen LogP contribution in [0.5, 0.6) is 5.75 Å². The number of aryl methyl sites for hydroxylation is 1. The minimum atomic E-state index is -0.837. The molecule has 1 aromatic heterocycles. The SMILES string of the molecule is COc1ccc(CN2[C@@H]3CC[C@@H]2CC(O)(c2nccn2C)C3)cc1CO. The van der Waals surface area contributed by atoms with Gasteiger partial charge >= 0.3 is 0 Å². The largest absolute Gasteiger partial charge is 0.496 e. The van der Waals surface area contributed by atoms with E-state index in [-0.39, 0.29) is 6.61 Å². The molecule has 0 unspecified atom stereocenters. The highest BCUT2D eigenvalue weighted by Gasteiger charge is 2.49. The molecule has 3 heterocycles. The third-order valence-corrected chi connectivity index (χ3v) is 6.04. The molecule has 0 saturated carbocycles. The number of benzene rings is 1. The number of aliphatic hydroxyl groups is 2. The Morgan fingerprint density at radius 1 is 1.27 bits per heavy atom. The van der Waals surface area contributed by atoms with E-state index in [0.717, 1.165) is 49.4 Å². The van der Waals surface area contributed by atoms with Crippen LogP contribution < -0.4 is 4.74 Å². The molecule has 2 aliphatic rings. The number of nitrogens with zero attached hydrogens (tertiary/aromatic N) is 3. The van der Waals surface area contributed by atoms with Gasteiger partial charge in [-0.15, -0.1) is 0 Å². The summed E-state index contributed by atoms with van der Waals surface area (Å²) in [4.78, 5) is 6.93. The molecule has 1 aromatic carbocycles. The van der Waals surface area contributed by atoms with E-state index in [2.05, 4.69) is 16.0 Å². The predicted molar refractivity (Wildman–Crippen MR) is 97.6 cm³/mol. The lowest BCUT2D eigenvalue weighted by Crippen LogP contribution is -2.50. The van der Waals surface area contributed by atoms with Crippen LogP contribution in [0, 0.1) is 0 Å². The molecule has 2 atom stereocenters. The zero-order valence-corrected chi connectivity index (χ0v) is 15.4. The second-order valence-electron chi connectivity index (χ2n) is 7.66. The smallest absolute Gasteiger partial charge is 0.140 e. The molecule has 140 valence electrons. The van der Waals surface area contributed by atoms with E-state index in [1.807, 2.05) is 29.9 Å². The highest BCUT2D eigenvalue weighted by atomic mass is 16.5. The number of fused-ring (bicyclic) bond motifs is 2. The monoisotopic (exact) mass is 357 g/mol. The summed E-state index contributed by atoms with van der Waals surface area (Å²) in [5.41, 5.74) is 1.16. The van der Waals surface area contributed by atoms with Crippen molar-refractivity contribution in [3.63, 3.8) is 0 Å². The van der Waals surface area contributed by atoms with Crippen molar-refractivity contribution in [3.8, 4) is 5.75 Å². The second-order valence-corrected chi connectivity index (χ2v) is 7.66. The first-order valence-corrected chi connectivity index (χ1v) is 9.26. The summed E-state index contributed by atoms with van der Waals surface area (Å²) in [5, 5.41) is 20.8. The second kappa shape index (κ2) is 6.68. The van der Waals surface area contributed by atoms with Crippen molar-refractivity contribution < 1.29 is 14.9 Å². The molecule has 2 aliphatic heterocycles. The number of imidazole rings is 1. The Labute approximate surface area is 154 Å². The number of rotatable bonds is 5. The minimum Gasteiger partial charge on any atom is -0.496 e. The van der Waals surface area contributed by atoms with Crippen LogP contribution in [-0.2, 0) is 25.8 Å². The molecule has 0 spiro atoms. The number of piperidine rings is 1. The number of aromatic nitrogens is 2. The summed E-state index contributed by atoms with van der Waals surface area (Å²) >= 11 is 0. The van der Waals surface area contributed by atoms with Crippen molar-refractivity contribution in [2.24, 2.45) is 7.05 Å². The molecule has 0 amide bonds. The topological polar surface area (TPSA) is 70.8 Å². The van der Waals surface area contributed by atoms with Gasteiger partial charge < -0.3 is 19.5 Å². The van der Waals surface area contributed by atoms with E-state index in [0.29, 0.717) is 12.1 Å². The van der Waals surface area contributed by atoms with E-state index in [1.165, 1.54) is 5.56 Å². The van der Waals surface area contributed by atoms with Gasteiger partial charge in [0.25, 0.3) is 0 Å². The van der Waals surface area contributed by atoms with E-state index in [4.69, 9.17) is 4.74 Å². The van der Waals surface area contributed by atoms with Gasteiger partial charge in [0.1, 0.15) is 17.2 Å². The normalized spacial score (nSPS) is 28.5. The molecule has 2 saturated heterocycles. The molecule has 0 aliphatic carbocycles. The van der Waals surface area contributed by atoms with Gasteiger partial charge in [-0.2, -0.15) is 0 Å². The summed E-state index contributed by atoms with van der Waals surface area (Å²) in [6.45, 7) is 0.811. The Hall–Kier alpha value is -1.89. The number of ether oxygens (including phenoxy) is 1. The van der Waals surface area contributed by atoms with Crippen molar-refractivity contribution in [1.29, 1.82) is 0 Å². The molecular weight excluding hydrogens is 330 g/mol. The zero-order valence-electron chi connectivity index (χ0n) is 15.4. The Kier molecular flexibility index (Phi) is 4.50. The first-order valence-electron chi connectivity index (χ1n) is 9.26. The molecule has 4 rings (SSSR count). The molecule has 6 heteroatoms. The first kappa shape index (κ1) is 17.5. The van der Waals surface area contributed by atoms with E-state index >= 15 is 0 Å². The summed E-state index contributed by atoms with van der Waals surface area (Å²) in [5.74, 6) is 1.50. The molecule has 2 N–H and O–H groups in total. The maximum Gasteiger partial charge on any atom is 0.140 e. The number of aliphatic hydroxyl groups excluding tert-OH is 1. The van der Waals surface area contributed by atoms with Gasteiger partial charge in [0, 0.05) is 43.6 Å². The summed E-state index contributed by atoms with van der Waals surface area (Å²) in [6, 6.07) is 6.73. The van der Waals surface area contributed by atoms with E-state index in [1.54, 1.807) is 13.3 Å². The molecule has 2 fully saturated rings. The molecule has 26 heavy (non-hydrogen) atoms. The van der Waals surface area contributed by atoms with Gasteiger partial charge in [-0.25, -0.2) is 4.98 Å². The summed E-state index contributed by atoms with van der Waals surface area (Å²) in [6.07, 6.45) is 7.32. The molecule has 2 aromatic rings. The standard InChI is InChI=1S/C20H27N3O3/c1-22-8-7-21-19(22)20(25)10-16-4-5-17(11-20)23(16)12-14-3-6-18(26-2)15(9-14)13-24/h3,6-9,16-17,24-25H,4-5,10-13H2,1-2H3/t16-,17-/m1/s1. The predicted octanol–water partition coefficient (Wildman–Crippen LogP) is 1.94. The maximum absolute atomic E-state index is 11.3.